The first kappa shape index (κ1) is 14.5. The number of halogens is 2. The van der Waals surface area contributed by atoms with Gasteiger partial charge in [-0.25, -0.2) is 4.98 Å². The Morgan fingerprint density at radius 1 is 1.45 bits per heavy atom. The van der Waals surface area contributed by atoms with Crippen LogP contribution in [0.25, 0.3) is 0 Å². The van der Waals surface area contributed by atoms with E-state index in [2.05, 4.69) is 25.9 Å². The summed E-state index contributed by atoms with van der Waals surface area (Å²) in [5.74, 6) is 0.509. The normalized spacial score (nSPS) is 10.2. The molecule has 0 atom stereocenters. The molecule has 0 fully saturated rings. The monoisotopic (exact) mass is 359 g/mol. The fraction of sp³-hybridized carbons (Fsp3) is 0.0909. The summed E-state index contributed by atoms with van der Waals surface area (Å²) in [4.78, 5) is 18.0. The molecule has 1 aromatic carbocycles. The molecule has 0 spiro atoms. The Labute approximate surface area is 126 Å². The van der Waals surface area contributed by atoms with Gasteiger partial charge in [0.1, 0.15) is 5.75 Å². The average Bonchev–Trinajstić information content (AvgIpc) is 2.42. The fourth-order valence-corrected chi connectivity index (χ4v) is 1.88. The molecule has 1 aromatic heterocycles. The smallest absolute Gasteiger partial charge is 0.325 e. The molecule has 9 heteroatoms. The molecular weight excluding hydrogens is 353 g/mol. The third-order valence-electron chi connectivity index (χ3n) is 2.21. The van der Waals surface area contributed by atoms with E-state index in [0.29, 0.717) is 10.4 Å². The molecule has 104 valence electrons. The lowest BCUT2D eigenvalue weighted by molar-refractivity contribution is -0.384. The molecule has 0 aliphatic rings. The van der Waals surface area contributed by atoms with E-state index < -0.39 is 4.92 Å². The van der Waals surface area contributed by atoms with Crippen LogP contribution in [0.4, 0.5) is 5.69 Å². The van der Waals surface area contributed by atoms with Crippen molar-refractivity contribution in [2.24, 2.45) is 0 Å². The van der Waals surface area contributed by atoms with Crippen molar-refractivity contribution < 1.29 is 14.4 Å². The van der Waals surface area contributed by atoms with Crippen LogP contribution >= 0.6 is 27.5 Å². The highest BCUT2D eigenvalue weighted by molar-refractivity contribution is 9.10. The minimum absolute atomic E-state index is 0.0146. The number of non-ortho nitro benzene ring substituents is 1. The van der Waals surface area contributed by atoms with E-state index in [1.165, 1.54) is 31.5 Å². The van der Waals surface area contributed by atoms with Gasteiger partial charge in [0.15, 0.2) is 0 Å². The highest BCUT2D eigenvalue weighted by Gasteiger charge is 2.13. The van der Waals surface area contributed by atoms with Crippen LogP contribution in [0, 0.1) is 10.1 Å². The Kier molecular flexibility index (Phi) is 4.35. The summed E-state index contributed by atoms with van der Waals surface area (Å²) >= 11 is 9.11. The van der Waals surface area contributed by atoms with E-state index in [4.69, 9.17) is 21.1 Å². The third kappa shape index (κ3) is 3.14. The van der Waals surface area contributed by atoms with Gasteiger partial charge in [0.05, 0.1) is 27.7 Å². The zero-order valence-corrected chi connectivity index (χ0v) is 12.4. The van der Waals surface area contributed by atoms with Crippen molar-refractivity contribution in [2.75, 3.05) is 7.11 Å². The van der Waals surface area contributed by atoms with Crippen LogP contribution in [0.1, 0.15) is 0 Å². The number of aromatic nitrogens is 2. The van der Waals surface area contributed by atoms with Gasteiger partial charge in [0, 0.05) is 12.1 Å². The average molecular weight is 361 g/mol. The minimum atomic E-state index is -0.547. The number of nitrogens with zero attached hydrogens (tertiary/aromatic N) is 3. The van der Waals surface area contributed by atoms with Crippen molar-refractivity contribution in [1.82, 2.24) is 9.97 Å². The van der Waals surface area contributed by atoms with E-state index in [0.717, 1.165) is 0 Å². The number of nitro benzene ring substituents is 1. The first-order chi connectivity index (χ1) is 9.51. The lowest BCUT2D eigenvalue weighted by Gasteiger charge is -2.07. The molecule has 2 aromatic rings. The third-order valence-corrected chi connectivity index (χ3v) is 3.05. The Morgan fingerprint density at radius 2 is 2.20 bits per heavy atom. The lowest BCUT2D eigenvalue weighted by Crippen LogP contribution is -1.96. The van der Waals surface area contributed by atoms with Gasteiger partial charge in [-0.1, -0.05) is 11.6 Å². The van der Waals surface area contributed by atoms with Crippen molar-refractivity contribution >= 4 is 33.2 Å². The summed E-state index contributed by atoms with van der Waals surface area (Å²) in [6.07, 6.45) is 1.46. The molecule has 2 rings (SSSR count). The van der Waals surface area contributed by atoms with E-state index in [-0.39, 0.29) is 22.5 Å². The van der Waals surface area contributed by atoms with E-state index >= 15 is 0 Å². The van der Waals surface area contributed by atoms with Crippen LogP contribution in [-0.4, -0.2) is 22.0 Å². The summed E-state index contributed by atoms with van der Waals surface area (Å²) in [7, 11) is 1.45. The van der Waals surface area contributed by atoms with E-state index in [1.807, 2.05) is 0 Å². The van der Waals surface area contributed by atoms with Gasteiger partial charge in [-0.3, -0.25) is 10.1 Å². The fourth-order valence-electron chi connectivity index (χ4n) is 1.31. The van der Waals surface area contributed by atoms with E-state index in [9.17, 15) is 10.1 Å². The number of hydrogen-bond donors (Lipinski definition) is 0. The summed E-state index contributed by atoms with van der Waals surface area (Å²) in [6, 6.07) is 3.85. The molecule has 0 aliphatic carbocycles. The molecule has 0 N–H and O–H groups in total. The highest BCUT2D eigenvalue weighted by Crippen LogP contribution is 2.32. The van der Waals surface area contributed by atoms with Gasteiger partial charge in [-0.2, -0.15) is 4.98 Å². The predicted octanol–water partition coefficient (Wildman–Crippen LogP) is 3.60. The maximum Gasteiger partial charge on any atom is 0.325 e. The highest BCUT2D eigenvalue weighted by atomic mass is 79.9. The maximum atomic E-state index is 10.6. The molecule has 0 aliphatic heterocycles. The van der Waals surface area contributed by atoms with Gasteiger partial charge in [-0.05, 0) is 22.0 Å². The Hall–Kier alpha value is -1.93. The van der Waals surface area contributed by atoms with Crippen molar-refractivity contribution in [3.05, 3.63) is 44.0 Å². The van der Waals surface area contributed by atoms with E-state index in [1.54, 1.807) is 0 Å². The first-order valence-corrected chi connectivity index (χ1v) is 6.36. The Bertz CT molecular complexity index is 668. The Morgan fingerprint density at radius 3 is 2.80 bits per heavy atom. The zero-order valence-electron chi connectivity index (χ0n) is 10.0. The number of hydrogen-bond acceptors (Lipinski definition) is 6. The van der Waals surface area contributed by atoms with Gasteiger partial charge < -0.3 is 9.47 Å². The largest absolute Gasteiger partial charge is 0.480 e. The predicted molar refractivity (Wildman–Crippen MR) is 74.5 cm³/mol. The molecule has 0 unspecified atom stereocenters. The van der Waals surface area contributed by atoms with Crippen molar-refractivity contribution in [3.63, 3.8) is 0 Å². The quantitative estimate of drug-likeness (QED) is 0.611. The topological polar surface area (TPSA) is 87.4 Å². The summed E-state index contributed by atoms with van der Waals surface area (Å²) < 4.78 is 10.9. The van der Waals surface area contributed by atoms with Gasteiger partial charge >= 0.3 is 6.01 Å². The number of nitro groups is 1. The molecular formula is C11H7BrClN3O4. The number of rotatable bonds is 4. The van der Waals surface area contributed by atoms with Crippen LogP contribution < -0.4 is 9.47 Å². The molecule has 7 nitrogen and oxygen atoms in total. The molecule has 0 bridgehead atoms. The number of benzene rings is 1. The van der Waals surface area contributed by atoms with Crippen molar-refractivity contribution in [3.8, 4) is 17.6 Å². The second-order valence-electron chi connectivity index (χ2n) is 3.48. The standard InChI is InChI=1S/C11H7BrClN3O4/c1-19-10-7(12)5-14-11(15-10)20-9-3-2-6(16(17)18)4-8(9)13/h2-5H,1H3. The SMILES string of the molecule is COc1nc(Oc2ccc([N+](=O)[O-])cc2Cl)ncc1Br. The maximum absolute atomic E-state index is 10.6. The van der Waals surface area contributed by atoms with Gasteiger partial charge in [-0.15, -0.1) is 0 Å². The van der Waals surface area contributed by atoms with Crippen LogP contribution in [0.5, 0.6) is 17.6 Å². The minimum Gasteiger partial charge on any atom is -0.480 e. The number of methoxy groups -OCH3 is 1. The van der Waals surface area contributed by atoms with Crippen LogP contribution in [-0.2, 0) is 0 Å². The van der Waals surface area contributed by atoms with Gasteiger partial charge in [0.2, 0.25) is 5.88 Å². The van der Waals surface area contributed by atoms with Crippen molar-refractivity contribution in [1.29, 1.82) is 0 Å². The second kappa shape index (κ2) is 6.02. The molecule has 0 radical (unpaired) electrons. The molecule has 1 heterocycles. The zero-order chi connectivity index (χ0) is 14.7. The first-order valence-electron chi connectivity index (χ1n) is 5.19. The van der Waals surface area contributed by atoms with Crippen LogP contribution in [0.15, 0.2) is 28.9 Å². The van der Waals surface area contributed by atoms with Gasteiger partial charge in [0.25, 0.3) is 5.69 Å². The van der Waals surface area contributed by atoms with Crippen LogP contribution in [0.3, 0.4) is 0 Å². The Balaban J connectivity index is 2.28. The molecule has 0 amide bonds. The molecule has 0 saturated carbocycles. The summed E-state index contributed by atoms with van der Waals surface area (Å²) in [5, 5.41) is 10.7. The molecule has 20 heavy (non-hydrogen) atoms. The van der Waals surface area contributed by atoms with Crippen LogP contribution in [0.2, 0.25) is 5.02 Å². The number of ether oxygens (including phenoxy) is 2. The lowest BCUT2D eigenvalue weighted by atomic mass is 10.3. The summed E-state index contributed by atoms with van der Waals surface area (Å²) in [6.45, 7) is 0. The molecule has 0 saturated heterocycles. The summed E-state index contributed by atoms with van der Waals surface area (Å²) in [5.41, 5.74) is -0.128. The van der Waals surface area contributed by atoms with Crippen molar-refractivity contribution in [2.45, 2.75) is 0 Å². The second-order valence-corrected chi connectivity index (χ2v) is 4.75.